The zero-order chi connectivity index (χ0) is 5.11. The maximum atomic E-state index is 11.9. The monoisotopic (exact) mass is 104 g/mol. The zero-order valence-corrected chi connectivity index (χ0v) is 3.93. The Hall–Kier alpha value is -0.150. The highest BCUT2D eigenvalue weighted by Gasteiger charge is 2.10. The van der Waals surface area contributed by atoms with Crippen LogP contribution in [0.15, 0.2) is 0 Å². The lowest BCUT2D eigenvalue weighted by molar-refractivity contribution is -0.0573. The lowest BCUT2D eigenvalue weighted by atomic mass is 10.5. The number of nitrogens with zero attached hydrogens (tertiary/aromatic N) is 1. The van der Waals surface area contributed by atoms with Gasteiger partial charge in [0.25, 0.3) is 0 Å². The number of alkyl halides is 1. The average molecular weight is 104 g/mol. The summed E-state index contributed by atoms with van der Waals surface area (Å²) in [6.07, 6.45) is -1.13. The van der Waals surface area contributed by atoms with E-state index < -0.39 is 6.36 Å². The molecule has 0 aromatic carbocycles. The topological polar surface area (TPSA) is 23.3 Å². The van der Waals surface area contributed by atoms with E-state index in [0.717, 1.165) is 0 Å². The number of morpholine rings is 1. The first kappa shape index (κ1) is 5.00. The van der Waals surface area contributed by atoms with Gasteiger partial charge in [-0.3, -0.25) is 0 Å². The van der Waals surface area contributed by atoms with Crippen molar-refractivity contribution < 1.29 is 9.13 Å². The van der Waals surface area contributed by atoms with Crippen molar-refractivity contribution in [3.8, 4) is 0 Å². The Balaban J connectivity index is 2.12. The first-order valence-corrected chi connectivity index (χ1v) is 2.28. The highest BCUT2D eigenvalue weighted by molar-refractivity contribution is 4.54. The Kier molecular flexibility index (Phi) is 1.59. The summed E-state index contributed by atoms with van der Waals surface area (Å²) >= 11 is 0. The van der Waals surface area contributed by atoms with E-state index in [1.807, 2.05) is 0 Å². The standard InChI is InChI=1S/C4H7FNO/c5-4-3-6-1-2-7-4/h4H,1-3H2. The second kappa shape index (κ2) is 2.23. The van der Waals surface area contributed by atoms with E-state index in [4.69, 9.17) is 0 Å². The van der Waals surface area contributed by atoms with Gasteiger partial charge in [-0.1, -0.05) is 0 Å². The van der Waals surface area contributed by atoms with Crippen LogP contribution in [0.25, 0.3) is 0 Å². The molecule has 41 valence electrons. The van der Waals surface area contributed by atoms with Crippen LogP contribution in [0.1, 0.15) is 0 Å². The van der Waals surface area contributed by atoms with E-state index >= 15 is 0 Å². The Morgan fingerprint density at radius 2 is 2.57 bits per heavy atom. The van der Waals surface area contributed by atoms with Gasteiger partial charge in [-0.25, -0.2) is 9.71 Å². The van der Waals surface area contributed by atoms with E-state index in [-0.39, 0.29) is 6.54 Å². The van der Waals surface area contributed by atoms with Gasteiger partial charge in [0.15, 0.2) is 0 Å². The molecule has 7 heavy (non-hydrogen) atoms. The van der Waals surface area contributed by atoms with Crippen molar-refractivity contribution in [3.63, 3.8) is 0 Å². The highest BCUT2D eigenvalue weighted by Crippen LogP contribution is 1.95. The first-order valence-electron chi connectivity index (χ1n) is 2.28. The molecular weight excluding hydrogens is 97.0 g/mol. The van der Waals surface area contributed by atoms with Crippen LogP contribution in [0.2, 0.25) is 0 Å². The molecule has 1 aliphatic rings. The molecule has 0 saturated carbocycles. The van der Waals surface area contributed by atoms with Crippen molar-refractivity contribution in [1.82, 2.24) is 5.32 Å². The predicted molar refractivity (Wildman–Crippen MR) is 22.7 cm³/mol. The molecule has 1 atom stereocenters. The third kappa shape index (κ3) is 1.41. The molecule has 0 N–H and O–H groups in total. The summed E-state index contributed by atoms with van der Waals surface area (Å²) in [5, 5.41) is 3.76. The fourth-order valence-electron chi connectivity index (χ4n) is 0.491. The molecule has 0 amide bonds. The minimum atomic E-state index is -1.13. The van der Waals surface area contributed by atoms with Gasteiger partial charge in [-0.15, -0.1) is 0 Å². The van der Waals surface area contributed by atoms with Crippen LogP contribution in [0.4, 0.5) is 4.39 Å². The summed E-state index contributed by atoms with van der Waals surface area (Å²) in [4.78, 5) is 0. The van der Waals surface area contributed by atoms with Crippen LogP contribution in [-0.4, -0.2) is 26.1 Å². The van der Waals surface area contributed by atoms with Crippen molar-refractivity contribution in [1.29, 1.82) is 0 Å². The van der Waals surface area contributed by atoms with E-state index in [9.17, 15) is 4.39 Å². The van der Waals surface area contributed by atoms with Gasteiger partial charge >= 0.3 is 0 Å². The molecule has 1 radical (unpaired) electrons. The molecule has 1 unspecified atom stereocenters. The Morgan fingerprint density at radius 3 is 2.86 bits per heavy atom. The van der Waals surface area contributed by atoms with Crippen LogP contribution >= 0.6 is 0 Å². The molecule has 0 bridgehead atoms. The van der Waals surface area contributed by atoms with Gasteiger partial charge in [0.2, 0.25) is 6.36 Å². The van der Waals surface area contributed by atoms with E-state index in [2.05, 4.69) is 10.1 Å². The highest BCUT2D eigenvalue weighted by atomic mass is 19.1. The molecule has 2 nitrogen and oxygen atoms in total. The Labute approximate surface area is 41.7 Å². The van der Waals surface area contributed by atoms with Gasteiger partial charge in [0.05, 0.1) is 13.2 Å². The first-order chi connectivity index (χ1) is 3.39. The molecule has 0 aliphatic carbocycles. The molecule has 0 spiro atoms. The fraction of sp³-hybridized carbons (Fsp3) is 1.00. The fourth-order valence-corrected chi connectivity index (χ4v) is 0.491. The minimum absolute atomic E-state index is 0.222. The largest absolute Gasteiger partial charge is 0.346 e. The van der Waals surface area contributed by atoms with Crippen molar-refractivity contribution in [2.75, 3.05) is 19.7 Å². The van der Waals surface area contributed by atoms with E-state index in [1.54, 1.807) is 0 Å². The molecule has 0 aromatic rings. The van der Waals surface area contributed by atoms with Crippen LogP contribution in [0.3, 0.4) is 0 Å². The van der Waals surface area contributed by atoms with Crippen molar-refractivity contribution >= 4 is 0 Å². The van der Waals surface area contributed by atoms with Crippen LogP contribution < -0.4 is 5.32 Å². The molecule has 1 rings (SSSR count). The smallest absolute Gasteiger partial charge is 0.213 e. The quantitative estimate of drug-likeness (QED) is 0.421. The summed E-state index contributed by atoms with van der Waals surface area (Å²) in [5.41, 5.74) is 0. The number of hydrogen-bond donors (Lipinski definition) is 0. The molecule has 1 fully saturated rings. The third-order valence-electron chi connectivity index (χ3n) is 0.821. The lowest BCUT2D eigenvalue weighted by Gasteiger charge is -2.14. The Morgan fingerprint density at radius 1 is 1.71 bits per heavy atom. The maximum Gasteiger partial charge on any atom is 0.213 e. The number of halogens is 1. The van der Waals surface area contributed by atoms with Gasteiger partial charge < -0.3 is 4.74 Å². The molecule has 0 aromatic heterocycles. The van der Waals surface area contributed by atoms with E-state index in [0.29, 0.717) is 13.2 Å². The van der Waals surface area contributed by atoms with Gasteiger partial charge in [0, 0.05) is 6.54 Å². The lowest BCUT2D eigenvalue weighted by Crippen LogP contribution is -2.30. The summed E-state index contributed by atoms with van der Waals surface area (Å²) in [7, 11) is 0. The van der Waals surface area contributed by atoms with Crippen molar-refractivity contribution in [2.45, 2.75) is 6.36 Å². The third-order valence-corrected chi connectivity index (χ3v) is 0.821. The number of ether oxygens (including phenoxy) is 1. The summed E-state index contributed by atoms with van der Waals surface area (Å²) in [6.45, 7) is 1.32. The molecule has 3 heteroatoms. The minimum Gasteiger partial charge on any atom is -0.346 e. The van der Waals surface area contributed by atoms with Gasteiger partial charge in [-0.05, 0) is 0 Å². The van der Waals surface area contributed by atoms with Crippen molar-refractivity contribution in [3.05, 3.63) is 0 Å². The predicted octanol–water partition coefficient (Wildman–Crippen LogP) is -0.0834. The van der Waals surface area contributed by atoms with Crippen LogP contribution in [0.5, 0.6) is 0 Å². The van der Waals surface area contributed by atoms with Crippen LogP contribution in [-0.2, 0) is 4.74 Å². The summed E-state index contributed by atoms with van der Waals surface area (Å²) in [5.74, 6) is 0. The maximum absolute atomic E-state index is 11.9. The van der Waals surface area contributed by atoms with E-state index in [1.165, 1.54) is 0 Å². The molecular formula is C4H7FNO. The SMILES string of the molecule is FC1C[N]CCO1. The Bertz CT molecular complexity index is 53.7. The van der Waals surface area contributed by atoms with Crippen LogP contribution in [0, 0.1) is 0 Å². The number of hydrogen-bond acceptors (Lipinski definition) is 1. The average Bonchev–Trinajstić information content (AvgIpc) is 1.69. The summed E-state index contributed by atoms with van der Waals surface area (Å²) in [6, 6.07) is 0. The molecule has 1 heterocycles. The molecule has 1 saturated heterocycles. The second-order valence-electron chi connectivity index (χ2n) is 1.41. The van der Waals surface area contributed by atoms with Gasteiger partial charge in [-0.2, -0.15) is 0 Å². The molecule has 1 aliphatic heterocycles. The number of rotatable bonds is 0. The zero-order valence-electron chi connectivity index (χ0n) is 3.93. The second-order valence-corrected chi connectivity index (χ2v) is 1.41. The van der Waals surface area contributed by atoms with Gasteiger partial charge in [0.1, 0.15) is 0 Å². The normalized spacial score (nSPS) is 33.0. The van der Waals surface area contributed by atoms with Crippen molar-refractivity contribution in [2.24, 2.45) is 0 Å². The summed E-state index contributed by atoms with van der Waals surface area (Å²) < 4.78 is 16.4.